The van der Waals surface area contributed by atoms with Gasteiger partial charge in [-0.3, -0.25) is 4.79 Å². The third-order valence-electron chi connectivity index (χ3n) is 5.79. The average molecular weight is 425 g/mol. The normalized spacial score (nSPS) is 20.2. The van der Waals surface area contributed by atoms with Crippen LogP contribution in [0.3, 0.4) is 0 Å². The average Bonchev–Trinajstić information content (AvgIpc) is 3.02. The first-order chi connectivity index (χ1) is 14.7. The third kappa shape index (κ3) is 6.89. The molecule has 1 aliphatic rings. The van der Waals surface area contributed by atoms with Crippen molar-refractivity contribution in [1.29, 1.82) is 0 Å². The number of fused-ring (bicyclic) bond motifs is 1. The lowest BCUT2D eigenvalue weighted by atomic mass is 9.91. The molecule has 0 heterocycles. The lowest BCUT2D eigenvalue weighted by Crippen LogP contribution is -2.41. The molecule has 0 radical (unpaired) electrons. The maximum Gasteiger partial charge on any atom is 0.224 e. The molecule has 1 unspecified atom stereocenters. The van der Waals surface area contributed by atoms with Gasteiger partial charge in [0.1, 0.15) is 0 Å². The van der Waals surface area contributed by atoms with Gasteiger partial charge in [0.05, 0.1) is 18.2 Å². The smallest absolute Gasteiger partial charge is 0.224 e. The van der Waals surface area contributed by atoms with Gasteiger partial charge in [-0.25, -0.2) is 0 Å². The van der Waals surface area contributed by atoms with E-state index >= 15 is 0 Å². The van der Waals surface area contributed by atoms with Gasteiger partial charge in [0, 0.05) is 25.4 Å². The predicted molar refractivity (Wildman–Crippen MR) is 124 cm³/mol. The number of carbonyl (C=O) groups excluding carboxylic acids is 1. The zero-order valence-corrected chi connectivity index (χ0v) is 18.8. The van der Waals surface area contributed by atoms with Crippen LogP contribution in [0.1, 0.15) is 49.9 Å². The van der Waals surface area contributed by atoms with Crippen molar-refractivity contribution in [3.63, 3.8) is 0 Å². The molecule has 2 aromatic rings. The predicted octanol–water partition coefficient (Wildman–Crippen LogP) is 3.01. The molecule has 2 aromatic carbocycles. The zero-order valence-electron chi connectivity index (χ0n) is 18.8. The molecule has 1 aliphatic carbocycles. The van der Waals surface area contributed by atoms with Crippen molar-refractivity contribution >= 4 is 5.91 Å². The topological polar surface area (TPSA) is 81.6 Å². The van der Waals surface area contributed by atoms with Crippen LogP contribution in [0.25, 0.3) is 0 Å². The van der Waals surface area contributed by atoms with Crippen molar-refractivity contribution in [2.75, 3.05) is 13.1 Å². The van der Waals surface area contributed by atoms with E-state index < -0.39 is 18.2 Å². The summed E-state index contributed by atoms with van der Waals surface area (Å²) < 4.78 is 0. The van der Waals surface area contributed by atoms with Gasteiger partial charge < -0.3 is 20.8 Å². The standard InChI is InChI=1S/C26H36N2O3/c1-26(2,3)17-27-16-21(29)14-20(13-18-9-5-4-6-10-18)25(31)28-24-22-12-8-7-11-19(22)15-23(24)30/h4-12,20-21,23-24,27,29-30H,13-17H2,1-3H3,(H,28,31)/t20-,21+,23-,24?/m1/s1. The second-order valence-corrected chi connectivity index (χ2v) is 9.92. The summed E-state index contributed by atoms with van der Waals surface area (Å²) in [6.45, 7) is 7.67. The molecule has 168 valence electrons. The third-order valence-corrected chi connectivity index (χ3v) is 5.79. The van der Waals surface area contributed by atoms with E-state index in [1.54, 1.807) is 0 Å². The number of aliphatic hydroxyl groups is 2. The minimum absolute atomic E-state index is 0.125. The Labute approximate surface area is 185 Å². The van der Waals surface area contributed by atoms with Crippen LogP contribution in [-0.4, -0.2) is 41.4 Å². The molecule has 0 bridgehead atoms. The fourth-order valence-electron chi connectivity index (χ4n) is 4.23. The number of carbonyl (C=O) groups is 1. The summed E-state index contributed by atoms with van der Waals surface area (Å²) in [6.07, 6.45) is 0.208. The van der Waals surface area contributed by atoms with Crippen LogP contribution in [-0.2, 0) is 17.6 Å². The summed E-state index contributed by atoms with van der Waals surface area (Å²) in [5.41, 5.74) is 3.25. The number of nitrogens with one attached hydrogen (secondary N) is 2. The van der Waals surface area contributed by atoms with E-state index in [2.05, 4.69) is 31.4 Å². The highest BCUT2D eigenvalue weighted by molar-refractivity contribution is 5.79. The number of hydrogen-bond acceptors (Lipinski definition) is 4. The first-order valence-electron chi connectivity index (χ1n) is 11.2. The Morgan fingerprint density at radius 1 is 1.10 bits per heavy atom. The van der Waals surface area contributed by atoms with E-state index in [9.17, 15) is 15.0 Å². The molecule has 0 saturated heterocycles. The van der Waals surface area contributed by atoms with Crippen LogP contribution in [0.2, 0.25) is 0 Å². The van der Waals surface area contributed by atoms with Crippen LogP contribution < -0.4 is 10.6 Å². The van der Waals surface area contributed by atoms with E-state index in [4.69, 9.17) is 0 Å². The highest BCUT2D eigenvalue weighted by Gasteiger charge is 2.34. The van der Waals surface area contributed by atoms with Gasteiger partial charge in [0.15, 0.2) is 0 Å². The largest absolute Gasteiger partial charge is 0.392 e. The van der Waals surface area contributed by atoms with Gasteiger partial charge in [0.2, 0.25) is 5.91 Å². The molecule has 0 aliphatic heterocycles. The number of aliphatic hydroxyl groups excluding tert-OH is 2. The Balaban J connectivity index is 1.67. The Morgan fingerprint density at radius 3 is 2.48 bits per heavy atom. The first kappa shape index (κ1) is 23.5. The fourth-order valence-corrected chi connectivity index (χ4v) is 4.23. The Kier molecular flexibility index (Phi) is 7.87. The van der Waals surface area contributed by atoms with Crippen molar-refractivity contribution < 1.29 is 15.0 Å². The Morgan fingerprint density at radius 2 is 1.77 bits per heavy atom. The summed E-state index contributed by atoms with van der Waals surface area (Å²) >= 11 is 0. The molecule has 4 atom stereocenters. The highest BCUT2D eigenvalue weighted by atomic mass is 16.3. The Hall–Kier alpha value is -2.21. The second-order valence-electron chi connectivity index (χ2n) is 9.92. The first-order valence-corrected chi connectivity index (χ1v) is 11.2. The van der Waals surface area contributed by atoms with E-state index in [1.165, 1.54) is 0 Å². The van der Waals surface area contributed by atoms with Gasteiger partial charge in [0.25, 0.3) is 0 Å². The van der Waals surface area contributed by atoms with E-state index in [-0.39, 0.29) is 17.2 Å². The monoisotopic (exact) mass is 424 g/mol. The summed E-state index contributed by atoms with van der Waals surface area (Å²) in [5.74, 6) is -0.506. The van der Waals surface area contributed by atoms with Crippen molar-refractivity contribution in [2.24, 2.45) is 11.3 Å². The summed E-state index contributed by atoms with van der Waals surface area (Å²) in [7, 11) is 0. The maximum absolute atomic E-state index is 13.3. The molecule has 0 fully saturated rings. The molecule has 5 nitrogen and oxygen atoms in total. The molecule has 0 spiro atoms. The highest BCUT2D eigenvalue weighted by Crippen LogP contribution is 2.31. The molecule has 3 rings (SSSR count). The van der Waals surface area contributed by atoms with Crippen LogP contribution in [0.15, 0.2) is 54.6 Å². The second kappa shape index (κ2) is 10.4. The van der Waals surface area contributed by atoms with Gasteiger partial charge in [-0.2, -0.15) is 0 Å². The minimum atomic E-state index is -0.628. The van der Waals surface area contributed by atoms with Crippen molar-refractivity contribution in [2.45, 2.75) is 58.3 Å². The van der Waals surface area contributed by atoms with Crippen LogP contribution in [0, 0.1) is 11.3 Å². The fraction of sp³-hybridized carbons (Fsp3) is 0.500. The van der Waals surface area contributed by atoms with Crippen LogP contribution in [0.4, 0.5) is 0 Å². The molecule has 0 aromatic heterocycles. The van der Waals surface area contributed by atoms with Gasteiger partial charge in [-0.1, -0.05) is 75.4 Å². The van der Waals surface area contributed by atoms with E-state index in [0.717, 1.165) is 23.2 Å². The minimum Gasteiger partial charge on any atom is -0.392 e. The van der Waals surface area contributed by atoms with Gasteiger partial charge in [-0.05, 0) is 34.9 Å². The molecule has 4 N–H and O–H groups in total. The maximum atomic E-state index is 13.3. The zero-order chi connectivity index (χ0) is 22.4. The quantitative estimate of drug-likeness (QED) is 0.499. The number of rotatable bonds is 9. The number of hydrogen-bond donors (Lipinski definition) is 4. The summed E-state index contributed by atoms with van der Waals surface area (Å²) in [5, 5.41) is 27.5. The van der Waals surface area contributed by atoms with Crippen molar-refractivity contribution in [1.82, 2.24) is 10.6 Å². The Bertz CT molecular complexity index is 847. The van der Waals surface area contributed by atoms with Crippen LogP contribution in [0.5, 0.6) is 0 Å². The molecule has 31 heavy (non-hydrogen) atoms. The molecular formula is C26H36N2O3. The SMILES string of the molecule is CC(C)(C)CNC[C@@H](O)C[C@@H](Cc1ccccc1)C(=O)NC1c2ccccc2C[C@H]1O. The lowest BCUT2D eigenvalue weighted by molar-refractivity contribution is -0.127. The van der Waals surface area contributed by atoms with Gasteiger partial charge >= 0.3 is 0 Å². The van der Waals surface area contributed by atoms with Crippen molar-refractivity contribution in [3.8, 4) is 0 Å². The van der Waals surface area contributed by atoms with Gasteiger partial charge in [-0.15, -0.1) is 0 Å². The number of amides is 1. The lowest BCUT2D eigenvalue weighted by Gasteiger charge is -2.25. The van der Waals surface area contributed by atoms with E-state index in [1.807, 2.05) is 54.6 Å². The van der Waals surface area contributed by atoms with Crippen LogP contribution >= 0.6 is 0 Å². The summed E-state index contributed by atoms with van der Waals surface area (Å²) in [6, 6.07) is 17.3. The molecule has 1 amide bonds. The molecule has 5 heteroatoms. The van der Waals surface area contributed by atoms with E-state index in [0.29, 0.717) is 25.8 Å². The summed E-state index contributed by atoms with van der Waals surface area (Å²) in [4.78, 5) is 13.3. The number of benzene rings is 2. The molecular weight excluding hydrogens is 388 g/mol. The van der Waals surface area contributed by atoms with Crippen molar-refractivity contribution in [3.05, 3.63) is 71.3 Å². The molecule has 0 saturated carbocycles.